The molecule has 1 saturated carbocycles. The first-order valence-electron chi connectivity index (χ1n) is 8.96. The highest BCUT2D eigenvalue weighted by atomic mass is 35.5. The van der Waals surface area contributed by atoms with Crippen LogP contribution >= 0.6 is 11.6 Å². The van der Waals surface area contributed by atoms with Crippen LogP contribution in [0, 0.1) is 0 Å². The average Bonchev–Trinajstić information content (AvgIpc) is 3.11. The van der Waals surface area contributed by atoms with Gasteiger partial charge in [-0.3, -0.25) is 0 Å². The molecule has 2 heterocycles. The van der Waals surface area contributed by atoms with E-state index in [2.05, 4.69) is 22.0 Å². The molecule has 0 saturated heterocycles. The van der Waals surface area contributed by atoms with Crippen LogP contribution in [0.2, 0.25) is 5.02 Å². The van der Waals surface area contributed by atoms with Gasteiger partial charge < -0.3 is 16.4 Å². The zero-order valence-corrected chi connectivity index (χ0v) is 15.3. The number of benzene rings is 1. The molecule has 2 aromatic heterocycles. The van der Waals surface area contributed by atoms with E-state index >= 15 is 0 Å². The minimum absolute atomic E-state index is 0.304. The number of halogens is 1. The van der Waals surface area contributed by atoms with Crippen LogP contribution in [0.4, 0.5) is 11.5 Å². The molecule has 0 aliphatic heterocycles. The highest BCUT2D eigenvalue weighted by molar-refractivity contribution is 6.30. The summed E-state index contributed by atoms with van der Waals surface area (Å²) in [5.41, 5.74) is 14.8. The summed E-state index contributed by atoms with van der Waals surface area (Å²) >= 11 is 6.04. The van der Waals surface area contributed by atoms with E-state index < -0.39 is 0 Å². The average molecular weight is 371 g/mol. The van der Waals surface area contributed by atoms with E-state index in [9.17, 15) is 0 Å². The number of hydrogen-bond acceptors (Lipinski definition) is 5. The molecule has 1 fully saturated rings. The van der Waals surface area contributed by atoms with Crippen molar-refractivity contribution in [3.8, 4) is 0 Å². The first kappa shape index (κ1) is 17.1. The largest absolute Gasteiger partial charge is 0.396 e. The maximum atomic E-state index is 6.22. The minimum atomic E-state index is 0.304. The summed E-state index contributed by atoms with van der Waals surface area (Å²) in [4.78, 5) is 6.60. The molecule has 4 N–H and O–H groups in total. The molecular weight excluding hydrogens is 348 g/mol. The van der Waals surface area contributed by atoms with Gasteiger partial charge in [0.25, 0.3) is 0 Å². The van der Waals surface area contributed by atoms with Crippen molar-refractivity contribution in [2.24, 2.45) is 5.73 Å². The Morgan fingerprint density at radius 3 is 2.62 bits per heavy atom. The van der Waals surface area contributed by atoms with E-state index in [4.69, 9.17) is 28.2 Å². The molecule has 0 bridgehead atoms. The van der Waals surface area contributed by atoms with Gasteiger partial charge in [0.15, 0.2) is 11.5 Å². The van der Waals surface area contributed by atoms with Gasteiger partial charge in [-0.1, -0.05) is 23.7 Å². The maximum Gasteiger partial charge on any atom is 0.176 e. The Hall–Kier alpha value is -2.31. The van der Waals surface area contributed by atoms with Crippen LogP contribution in [0.3, 0.4) is 0 Å². The molecule has 4 rings (SSSR count). The molecule has 1 aliphatic rings. The Bertz CT molecular complexity index is 883. The fourth-order valence-corrected chi connectivity index (χ4v) is 3.79. The van der Waals surface area contributed by atoms with Crippen LogP contribution in [-0.4, -0.2) is 26.7 Å². The fourth-order valence-electron chi connectivity index (χ4n) is 3.66. The highest BCUT2D eigenvalue weighted by Crippen LogP contribution is 2.29. The molecule has 6 nitrogen and oxygen atoms in total. The van der Waals surface area contributed by atoms with E-state index in [0.29, 0.717) is 23.4 Å². The molecular formula is C19H23ClN6. The predicted octanol–water partition coefficient (Wildman–Crippen LogP) is 3.24. The number of aromatic nitrogens is 3. The lowest BCUT2D eigenvalue weighted by molar-refractivity contribution is 0.372. The smallest absolute Gasteiger partial charge is 0.176 e. The second-order valence-electron chi connectivity index (χ2n) is 6.98. The van der Waals surface area contributed by atoms with Crippen LogP contribution in [0.1, 0.15) is 31.2 Å². The Morgan fingerprint density at radius 1 is 1.15 bits per heavy atom. The fraction of sp³-hybridized carbons (Fsp3) is 0.368. The van der Waals surface area contributed by atoms with Gasteiger partial charge in [0.1, 0.15) is 0 Å². The van der Waals surface area contributed by atoms with E-state index in [1.807, 2.05) is 24.4 Å². The molecule has 1 aliphatic carbocycles. The summed E-state index contributed by atoms with van der Waals surface area (Å²) in [6.45, 7) is 0.754. The van der Waals surface area contributed by atoms with Crippen molar-refractivity contribution in [1.29, 1.82) is 0 Å². The van der Waals surface area contributed by atoms with Gasteiger partial charge in [-0.25, -0.2) is 9.50 Å². The van der Waals surface area contributed by atoms with Gasteiger partial charge in [0.2, 0.25) is 0 Å². The third kappa shape index (κ3) is 3.48. The van der Waals surface area contributed by atoms with Gasteiger partial charge >= 0.3 is 0 Å². The molecule has 26 heavy (non-hydrogen) atoms. The lowest BCUT2D eigenvalue weighted by Gasteiger charge is -2.37. The van der Waals surface area contributed by atoms with Crippen molar-refractivity contribution in [2.75, 3.05) is 10.6 Å². The summed E-state index contributed by atoms with van der Waals surface area (Å²) in [6, 6.07) is 10.6. The summed E-state index contributed by atoms with van der Waals surface area (Å²) in [7, 11) is 0. The minimum Gasteiger partial charge on any atom is -0.396 e. The third-order valence-electron chi connectivity index (χ3n) is 5.12. The monoisotopic (exact) mass is 370 g/mol. The first-order valence-corrected chi connectivity index (χ1v) is 9.34. The van der Waals surface area contributed by atoms with E-state index in [-0.39, 0.29) is 0 Å². The second-order valence-corrected chi connectivity index (χ2v) is 7.41. The number of rotatable bonds is 4. The number of imidazole rings is 1. The molecule has 136 valence electrons. The summed E-state index contributed by atoms with van der Waals surface area (Å²) in [5, 5.41) is 5.49. The first-order chi connectivity index (χ1) is 12.6. The van der Waals surface area contributed by atoms with Gasteiger partial charge in [-0.05, 0) is 43.4 Å². The quantitative estimate of drug-likeness (QED) is 0.736. The van der Waals surface area contributed by atoms with Crippen molar-refractivity contribution in [3.05, 3.63) is 53.3 Å². The predicted molar refractivity (Wildman–Crippen MR) is 105 cm³/mol. The van der Waals surface area contributed by atoms with Crippen LogP contribution in [0.15, 0.2) is 42.7 Å². The van der Waals surface area contributed by atoms with Crippen LogP contribution in [-0.2, 0) is 6.54 Å². The van der Waals surface area contributed by atoms with E-state index in [1.165, 1.54) is 5.56 Å². The highest BCUT2D eigenvalue weighted by Gasteiger charge is 2.26. The maximum absolute atomic E-state index is 6.22. The molecule has 0 amide bonds. The van der Waals surface area contributed by atoms with Crippen LogP contribution in [0.5, 0.6) is 0 Å². The van der Waals surface area contributed by atoms with Crippen molar-refractivity contribution in [3.63, 3.8) is 0 Å². The molecule has 3 aromatic rings. The summed E-state index contributed by atoms with van der Waals surface area (Å²) in [5.74, 6) is 0.864. The summed E-state index contributed by atoms with van der Waals surface area (Å²) < 4.78 is 1.74. The van der Waals surface area contributed by atoms with Gasteiger partial charge in [-0.2, -0.15) is 0 Å². The van der Waals surface area contributed by atoms with Crippen molar-refractivity contribution in [1.82, 2.24) is 14.6 Å². The lowest BCUT2D eigenvalue weighted by Crippen LogP contribution is -2.41. The molecule has 0 unspecified atom stereocenters. The Balaban J connectivity index is 1.69. The SMILES string of the molecule is Nc1cc(N(Cc2ccc(Cl)cc2)[C@H]2CC[C@H](N)CC2)nn2ccnc12. The Kier molecular flexibility index (Phi) is 4.70. The molecule has 1 aromatic carbocycles. The Labute approximate surface area is 157 Å². The topological polar surface area (TPSA) is 85.5 Å². The number of nitrogens with two attached hydrogens (primary N) is 2. The van der Waals surface area contributed by atoms with Crippen molar-refractivity contribution < 1.29 is 0 Å². The number of fused-ring (bicyclic) bond motifs is 1. The van der Waals surface area contributed by atoms with Crippen LogP contribution < -0.4 is 16.4 Å². The number of anilines is 2. The van der Waals surface area contributed by atoms with E-state index in [0.717, 1.165) is 43.1 Å². The van der Waals surface area contributed by atoms with Gasteiger partial charge in [-0.15, -0.1) is 5.10 Å². The molecule has 7 heteroatoms. The zero-order valence-electron chi connectivity index (χ0n) is 14.6. The van der Waals surface area contributed by atoms with Crippen molar-refractivity contribution >= 4 is 28.8 Å². The normalized spacial score (nSPS) is 20.4. The third-order valence-corrected chi connectivity index (χ3v) is 5.37. The summed E-state index contributed by atoms with van der Waals surface area (Å²) in [6.07, 6.45) is 7.71. The number of nitrogen functional groups attached to an aromatic ring is 1. The number of nitrogens with zero attached hydrogens (tertiary/aromatic N) is 4. The number of hydrogen-bond donors (Lipinski definition) is 2. The second kappa shape index (κ2) is 7.13. The molecule has 0 atom stereocenters. The zero-order chi connectivity index (χ0) is 18.1. The van der Waals surface area contributed by atoms with Crippen molar-refractivity contribution in [2.45, 2.75) is 44.3 Å². The lowest BCUT2D eigenvalue weighted by atomic mass is 9.90. The van der Waals surface area contributed by atoms with Crippen LogP contribution in [0.25, 0.3) is 5.65 Å². The van der Waals surface area contributed by atoms with Gasteiger partial charge in [0.05, 0.1) is 5.69 Å². The van der Waals surface area contributed by atoms with E-state index in [1.54, 1.807) is 10.7 Å². The van der Waals surface area contributed by atoms with Gasteiger partial charge in [0, 0.05) is 42.1 Å². The molecule has 0 spiro atoms. The molecule has 0 radical (unpaired) electrons. The standard InChI is InChI=1S/C19H23ClN6/c20-14-3-1-13(2-4-14)12-25(16-7-5-15(21)6-8-16)18-11-17(22)19-23-9-10-26(19)24-18/h1-4,9-11,15-16H,5-8,12,21-22H2/t15-,16-. The Morgan fingerprint density at radius 2 is 1.88 bits per heavy atom.